The number of para-hydroxylation sites is 1. The molecular weight excluding hydrogens is 274 g/mol. The molecular formula is C16H22F2N2O. The van der Waals surface area contributed by atoms with Crippen LogP contribution in [0.25, 0.3) is 0 Å². The molecule has 0 aromatic heterocycles. The van der Waals surface area contributed by atoms with E-state index < -0.39 is 5.92 Å². The molecule has 1 fully saturated rings. The van der Waals surface area contributed by atoms with Crippen LogP contribution in [0.3, 0.4) is 0 Å². The van der Waals surface area contributed by atoms with Crippen LogP contribution in [0.5, 0.6) is 0 Å². The summed E-state index contributed by atoms with van der Waals surface area (Å²) in [4.78, 5) is 12.3. The van der Waals surface area contributed by atoms with Gasteiger partial charge in [-0.2, -0.15) is 0 Å². The first-order chi connectivity index (χ1) is 9.93. The molecule has 0 aliphatic heterocycles. The van der Waals surface area contributed by atoms with Crippen LogP contribution in [0.2, 0.25) is 0 Å². The monoisotopic (exact) mass is 296 g/mol. The molecule has 0 saturated heterocycles. The van der Waals surface area contributed by atoms with Crippen LogP contribution in [-0.2, 0) is 4.79 Å². The van der Waals surface area contributed by atoms with Gasteiger partial charge in [0.1, 0.15) is 0 Å². The van der Waals surface area contributed by atoms with Crippen LogP contribution < -0.4 is 10.6 Å². The average Bonchev–Trinajstić information content (AvgIpc) is 2.46. The van der Waals surface area contributed by atoms with E-state index in [0.29, 0.717) is 0 Å². The van der Waals surface area contributed by atoms with Gasteiger partial charge >= 0.3 is 0 Å². The molecule has 0 heterocycles. The fourth-order valence-corrected chi connectivity index (χ4v) is 2.68. The molecule has 1 atom stereocenters. The Morgan fingerprint density at radius 3 is 2.52 bits per heavy atom. The number of nitrogens with one attached hydrogen (secondary N) is 2. The number of hydrogen-bond donors (Lipinski definition) is 2. The molecule has 116 valence electrons. The Labute approximate surface area is 124 Å². The van der Waals surface area contributed by atoms with E-state index in [1.54, 1.807) is 0 Å². The molecule has 1 aromatic carbocycles. The molecule has 0 bridgehead atoms. The second kappa shape index (κ2) is 6.52. The van der Waals surface area contributed by atoms with Crippen LogP contribution in [0.15, 0.2) is 24.3 Å². The normalized spacial score (nSPS) is 20.0. The maximum Gasteiger partial charge on any atom is 0.248 e. The SMILES string of the molecule is CNC(C)c1ccccc1NC(=O)C1CCC(F)(F)CC1. The quantitative estimate of drug-likeness (QED) is 0.889. The van der Waals surface area contributed by atoms with Crippen LogP contribution in [-0.4, -0.2) is 18.9 Å². The lowest BCUT2D eigenvalue weighted by molar-refractivity contribution is -0.124. The Hall–Kier alpha value is -1.49. The number of anilines is 1. The molecule has 2 rings (SSSR count). The van der Waals surface area contributed by atoms with Crippen LogP contribution in [0.1, 0.15) is 44.2 Å². The first-order valence-electron chi connectivity index (χ1n) is 7.38. The summed E-state index contributed by atoms with van der Waals surface area (Å²) in [5.74, 6) is -3.07. The van der Waals surface area contributed by atoms with Gasteiger partial charge in [-0.15, -0.1) is 0 Å². The van der Waals surface area contributed by atoms with E-state index in [4.69, 9.17) is 0 Å². The fourth-order valence-electron chi connectivity index (χ4n) is 2.68. The number of hydrogen-bond acceptors (Lipinski definition) is 2. The lowest BCUT2D eigenvalue weighted by atomic mass is 9.86. The lowest BCUT2D eigenvalue weighted by Gasteiger charge is -2.27. The minimum atomic E-state index is -2.60. The first-order valence-corrected chi connectivity index (χ1v) is 7.38. The highest BCUT2D eigenvalue weighted by atomic mass is 19.3. The third-order valence-electron chi connectivity index (χ3n) is 4.21. The summed E-state index contributed by atoms with van der Waals surface area (Å²) in [6.45, 7) is 2.01. The van der Waals surface area contributed by atoms with Crippen molar-refractivity contribution in [3.8, 4) is 0 Å². The molecule has 1 aliphatic rings. The molecule has 21 heavy (non-hydrogen) atoms. The van der Waals surface area contributed by atoms with Gasteiger partial charge in [-0.25, -0.2) is 8.78 Å². The van der Waals surface area contributed by atoms with E-state index in [-0.39, 0.29) is 43.6 Å². The summed E-state index contributed by atoms with van der Waals surface area (Å²) < 4.78 is 26.3. The number of carbonyl (C=O) groups is 1. The third-order valence-corrected chi connectivity index (χ3v) is 4.21. The Kier molecular flexibility index (Phi) is 4.93. The van der Waals surface area contributed by atoms with Crippen molar-refractivity contribution in [1.82, 2.24) is 5.32 Å². The van der Waals surface area contributed by atoms with Crippen LogP contribution in [0, 0.1) is 5.92 Å². The predicted octanol–water partition coefficient (Wildman–Crippen LogP) is 3.73. The molecule has 1 aliphatic carbocycles. The van der Waals surface area contributed by atoms with Crippen LogP contribution in [0.4, 0.5) is 14.5 Å². The van der Waals surface area contributed by atoms with E-state index >= 15 is 0 Å². The van der Waals surface area contributed by atoms with Crippen molar-refractivity contribution in [3.63, 3.8) is 0 Å². The van der Waals surface area contributed by atoms with Crippen molar-refractivity contribution >= 4 is 11.6 Å². The summed E-state index contributed by atoms with van der Waals surface area (Å²) in [6, 6.07) is 7.68. The molecule has 0 spiro atoms. The summed E-state index contributed by atoms with van der Waals surface area (Å²) in [5, 5.41) is 6.03. The highest BCUT2D eigenvalue weighted by Crippen LogP contribution is 2.36. The number of halogens is 2. The minimum absolute atomic E-state index is 0.109. The van der Waals surface area contributed by atoms with Gasteiger partial charge in [-0.3, -0.25) is 4.79 Å². The highest BCUT2D eigenvalue weighted by Gasteiger charge is 2.37. The minimum Gasteiger partial charge on any atom is -0.326 e. The van der Waals surface area contributed by atoms with Crippen molar-refractivity contribution in [2.45, 2.75) is 44.6 Å². The zero-order valence-corrected chi connectivity index (χ0v) is 12.5. The van der Waals surface area contributed by atoms with Gasteiger partial charge in [0.15, 0.2) is 0 Å². The molecule has 0 radical (unpaired) electrons. The van der Waals surface area contributed by atoms with Gasteiger partial charge in [-0.1, -0.05) is 18.2 Å². The van der Waals surface area contributed by atoms with Crippen LogP contribution >= 0.6 is 0 Å². The Morgan fingerprint density at radius 2 is 1.90 bits per heavy atom. The summed E-state index contributed by atoms with van der Waals surface area (Å²) in [5.41, 5.74) is 1.75. The third kappa shape index (κ3) is 4.00. The Morgan fingerprint density at radius 1 is 1.29 bits per heavy atom. The standard InChI is InChI=1S/C16H22F2N2O/c1-11(19-2)13-5-3-4-6-14(13)20-15(21)12-7-9-16(17,18)10-8-12/h3-6,11-12,19H,7-10H2,1-2H3,(H,20,21). The maximum atomic E-state index is 13.1. The van der Waals surface area contributed by atoms with E-state index in [1.165, 1.54) is 0 Å². The number of alkyl halides is 2. The molecule has 1 unspecified atom stereocenters. The van der Waals surface area contributed by atoms with Gasteiger partial charge in [0.25, 0.3) is 0 Å². The average molecular weight is 296 g/mol. The Bertz CT molecular complexity index is 495. The van der Waals surface area contributed by atoms with Gasteiger partial charge in [0, 0.05) is 30.5 Å². The largest absolute Gasteiger partial charge is 0.326 e. The number of amides is 1. The molecule has 1 amide bonds. The summed E-state index contributed by atoms with van der Waals surface area (Å²) in [6.07, 6.45) is 0.116. The summed E-state index contributed by atoms with van der Waals surface area (Å²) >= 11 is 0. The summed E-state index contributed by atoms with van der Waals surface area (Å²) in [7, 11) is 1.85. The number of carbonyl (C=O) groups excluding carboxylic acids is 1. The van der Waals surface area contributed by atoms with Gasteiger partial charge in [0.2, 0.25) is 11.8 Å². The molecule has 3 nitrogen and oxygen atoms in total. The number of rotatable bonds is 4. The van der Waals surface area contributed by atoms with E-state index in [0.717, 1.165) is 11.3 Å². The van der Waals surface area contributed by atoms with Gasteiger partial charge < -0.3 is 10.6 Å². The van der Waals surface area contributed by atoms with E-state index in [1.807, 2.05) is 38.2 Å². The van der Waals surface area contributed by atoms with Crippen molar-refractivity contribution in [2.75, 3.05) is 12.4 Å². The maximum absolute atomic E-state index is 13.1. The Balaban J connectivity index is 2.03. The van der Waals surface area contributed by atoms with Crippen molar-refractivity contribution in [1.29, 1.82) is 0 Å². The highest BCUT2D eigenvalue weighted by molar-refractivity contribution is 5.93. The van der Waals surface area contributed by atoms with Crippen molar-refractivity contribution < 1.29 is 13.6 Å². The number of benzene rings is 1. The topological polar surface area (TPSA) is 41.1 Å². The zero-order valence-electron chi connectivity index (χ0n) is 12.5. The second-order valence-corrected chi connectivity index (χ2v) is 5.72. The molecule has 2 N–H and O–H groups in total. The molecule has 5 heteroatoms. The predicted molar refractivity (Wildman–Crippen MR) is 79.5 cm³/mol. The van der Waals surface area contributed by atoms with Gasteiger partial charge in [-0.05, 0) is 38.4 Å². The zero-order chi connectivity index (χ0) is 15.5. The smallest absolute Gasteiger partial charge is 0.248 e. The van der Waals surface area contributed by atoms with Crippen molar-refractivity contribution in [2.24, 2.45) is 5.92 Å². The lowest BCUT2D eigenvalue weighted by Crippen LogP contribution is -2.32. The van der Waals surface area contributed by atoms with E-state index in [9.17, 15) is 13.6 Å². The molecule has 1 aromatic rings. The van der Waals surface area contributed by atoms with E-state index in [2.05, 4.69) is 10.6 Å². The molecule has 1 saturated carbocycles. The van der Waals surface area contributed by atoms with Crippen molar-refractivity contribution in [3.05, 3.63) is 29.8 Å². The second-order valence-electron chi connectivity index (χ2n) is 5.72. The first kappa shape index (κ1) is 15.9. The fraction of sp³-hybridized carbons (Fsp3) is 0.562. The van der Waals surface area contributed by atoms with Gasteiger partial charge in [0.05, 0.1) is 0 Å².